The van der Waals surface area contributed by atoms with E-state index >= 15 is 0 Å². The van der Waals surface area contributed by atoms with Crippen molar-refractivity contribution in [1.82, 2.24) is 15.6 Å². The minimum Gasteiger partial charge on any atom is -0.467 e. The van der Waals surface area contributed by atoms with Crippen LogP contribution in [0.15, 0.2) is 69.9 Å². The van der Waals surface area contributed by atoms with Crippen molar-refractivity contribution in [1.29, 1.82) is 0 Å². The van der Waals surface area contributed by atoms with Gasteiger partial charge >= 0.3 is 12.0 Å². The number of hydrogen-bond acceptors (Lipinski definition) is 7. The standard InChI is InChI=1S/C27H23N3O6/c31-23(30-27(33)28-15-19-8-5-13-35-19)16-36-26(32)24-20-9-1-2-11-22(20)29-25-17(6-3-10-21(24)25)14-18-7-4-12-34-18/h1-2,4-5,7-9,11-14H,3,6,10,15-16H2,(H2,28,30,31,33)/b17-14-. The van der Waals surface area contributed by atoms with E-state index in [-0.39, 0.29) is 6.54 Å². The number of urea groups is 1. The van der Waals surface area contributed by atoms with Crippen LogP contribution in [-0.4, -0.2) is 29.5 Å². The zero-order valence-corrected chi connectivity index (χ0v) is 19.3. The van der Waals surface area contributed by atoms with Crippen molar-refractivity contribution in [2.45, 2.75) is 25.8 Å². The van der Waals surface area contributed by atoms with E-state index in [1.165, 1.54) is 6.26 Å². The smallest absolute Gasteiger partial charge is 0.339 e. The number of furan rings is 2. The van der Waals surface area contributed by atoms with Gasteiger partial charge in [0.25, 0.3) is 5.91 Å². The lowest BCUT2D eigenvalue weighted by molar-refractivity contribution is -0.123. The predicted octanol–water partition coefficient (Wildman–Crippen LogP) is 4.48. The fourth-order valence-electron chi connectivity index (χ4n) is 4.24. The van der Waals surface area contributed by atoms with E-state index in [1.807, 2.05) is 42.5 Å². The Bertz CT molecular complexity index is 1440. The van der Waals surface area contributed by atoms with Crippen molar-refractivity contribution < 1.29 is 28.0 Å². The van der Waals surface area contributed by atoms with Crippen LogP contribution >= 0.6 is 0 Å². The number of ether oxygens (including phenoxy) is 1. The Hall–Kier alpha value is -4.66. The van der Waals surface area contributed by atoms with Crippen LogP contribution in [0.2, 0.25) is 0 Å². The third-order valence-electron chi connectivity index (χ3n) is 5.82. The van der Waals surface area contributed by atoms with Crippen molar-refractivity contribution in [3.8, 4) is 0 Å². The minimum absolute atomic E-state index is 0.120. The number of aromatic nitrogens is 1. The van der Waals surface area contributed by atoms with Gasteiger partial charge in [-0.1, -0.05) is 18.2 Å². The van der Waals surface area contributed by atoms with Crippen LogP contribution in [0.5, 0.6) is 0 Å². The van der Waals surface area contributed by atoms with Gasteiger partial charge in [0.15, 0.2) is 6.61 Å². The number of imide groups is 1. The van der Waals surface area contributed by atoms with E-state index in [1.54, 1.807) is 18.4 Å². The topological polar surface area (TPSA) is 124 Å². The quantitative estimate of drug-likeness (QED) is 0.386. The zero-order valence-electron chi connectivity index (χ0n) is 19.3. The molecule has 0 saturated carbocycles. The van der Waals surface area contributed by atoms with E-state index in [9.17, 15) is 14.4 Å². The van der Waals surface area contributed by atoms with Crippen molar-refractivity contribution in [3.63, 3.8) is 0 Å². The first-order valence-corrected chi connectivity index (χ1v) is 11.5. The Morgan fingerprint density at radius 3 is 2.64 bits per heavy atom. The van der Waals surface area contributed by atoms with Gasteiger partial charge in [0.05, 0.1) is 35.8 Å². The highest BCUT2D eigenvalue weighted by atomic mass is 16.5. The molecule has 0 spiro atoms. The summed E-state index contributed by atoms with van der Waals surface area (Å²) in [5.74, 6) is -0.140. The molecule has 0 saturated heterocycles. The molecule has 1 aliphatic carbocycles. The van der Waals surface area contributed by atoms with E-state index in [0.717, 1.165) is 29.7 Å². The van der Waals surface area contributed by atoms with Crippen LogP contribution in [0.4, 0.5) is 4.79 Å². The molecule has 0 aliphatic heterocycles. The van der Waals surface area contributed by atoms with Crippen LogP contribution < -0.4 is 10.6 Å². The van der Waals surface area contributed by atoms with Gasteiger partial charge in [-0.15, -0.1) is 0 Å². The lowest BCUT2D eigenvalue weighted by Crippen LogP contribution is -2.41. The number of allylic oxidation sites excluding steroid dienone is 1. The molecule has 0 bridgehead atoms. The van der Waals surface area contributed by atoms with Gasteiger partial charge in [-0.3, -0.25) is 10.1 Å². The number of carbonyl (C=O) groups excluding carboxylic acids is 3. The van der Waals surface area contributed by atoms with Gasteiger partial charge < -0.3 is 18.9 Å². The summed E-state index contributed by atoms with van der Waals surface area (Å²) in [6.07, 6.45) is 7.29. The van der Waals surface area contributed by atoms with E-state index in [2.05, 4.69) is 10.6 Å². The number of benzene rings is 1. The fraction of sp³-hybridized carbons (Fsp3) is 0.185. The molecule has 2 N–H and O–H groups in total. The first-order valence-electron chi connectivity index (χ1n) is 11.5. The molecule has 36 heavy (non-hydrogen) atoms. The summed E-state index contributed by atoms with van der Waals surface area (Å²) < 4.78 is 15.9. The average molecular weight is 485 g/mol. The molecule has 0 atom stereocenters. The van der Waals surface area contributed by atoms with E-state index in [4.69, 9.17) is 18.6 Å². The van der Waals surface area contributed by atoms with Gasteiger partial charge in [0.1, 0.15) is 11.5 Å². The molecule has 5 rings (SSSR count). The van der Waals surface area contributed by atoms with Crippen LogP contribution in [0.3, 0.4) is 0 Å². The molecular formula is C27H23N3O6. The number of carbonyl (C=O) groups is 3. The first kappa shape index (κ1) is 23.1. The predicted molar refractivity (Wildman–Crippen MR) is 131 cm³/mol. The Labute approximate surface area is 206 Å². The van der Waals surface area contributed by atoms with Gasteiger partial charge in [-0.05, 0) is 66.8 Å². The molecule has 3 aromatic heterocycles. The van der Waals surface area contributed by atoms with Crippen LogP contribution in [0.1, 0.15) is 46.0 Å². The van der Waals surface area contributed by atoms with Crippen LogP contribution in [-0.2, 0) is 22.5 Å². The number of pyridine rings is 1. The second kappa shape index (κ2) is 10.3. The molecule has 182 valence electrons. The number of hydrogen-bond donors (Lipinski definition) is 2. The highest BCUT2D eigenvalue weighted by Gasteiger charge is 2.26. The monoisotopic (exact) mass is 485 g/mol. The molecular weight excluding hydrogens is 462 g/mol. The van der Waals surface area contributed by atoms with Crippen molar-refractivity contribution in [2.75, 3.05) is 6.61 Å². The molecule has 3 amide bonds. The molecule has 0 radical (unpaired) electrons. The van der Waals surface area contributed by atoms with E-state index in [0.29, 0.717) is 34.4 Å². The third-order valence-corrected chi connectivity index (χ3v) is 5.82. The van der Waals surface area contributed by atoms with Crippen molar-refractivity contribution in [3.05, 3.63) is 89.4 Å². The Kier molecular flexibility index (Phi) is 6.61. The number of nitrogens with one attached hydrogen (secondary N) is 2. The molecule has 9 nitrogen and oxygen atoms in total. The molecule has 0 fully saturated rings. The summed E-state index contributed by atoms with van der Waals surface area (Å²) in [6.45, 7) is -0.484. The minimum atomic E-state index is -0.745. The normalized spacial score (nSPS) is 13.8. The summed E-state index contributed by atoms with van der Waals surface area (Å²) in [5.41, 5.74) is 3.51. The molecule has 0 unspecified atom stereocenters. The molecule has 9 heteroatoms. The number of para-hydroxylation sites is 1. The lowest BCUT2D eigenvalue weighted by Gasteiger charge is -2.22. The van der Waals surface area contributed by atoms with Gasteiger partial charge in [-0.25, -0.2) is 14.6 Å². The highest BCUT2D eigenvalue weighted by molar-refractivity contribution is 6.07. The highest BCUT2D eigenvalue weighted by Crippen LogP contribution is 2.36. The number of fused-ring (bicyclic) bond motifs is 2. The average Bonchev–Trinajstić information content (AvgIpc) is 3.59. The number of rotatable bonds is 6. The van der Waals surface area contributed by atoms with E-state index < -0.39 is 24.5 Å². The fourth-order valence-corrected chi connectivity index (χ4v) is 4.24. The first-order chi connectivity index (χ1) is 17.6. The second-order valence-corrected chi connectivity index (χ2v) is 8.26. The number of esters is 1. The van der Waals surface area contributed by atoms with Gasteiger partial charge in [0.2, 0.25) is 0 Å². The Balaban J connectivity index is 1.34. The second-order valence-electron chi connectivity index (χ2n) is 8.26. The molecule has 1 aromatic carbocycles. The largest absolute Gasteiger partial charge is 0.467 e. The summed E-state index contributed by atoms with van der Waals surface area (Å²) in [6, 6.07) is 13.7. The zero-order chi connectivity index (χ0) is 24.9. The molecule has 4 aromatic rings. The SMILES string of the molecule is O=C(COC(=O)c1c2c(nc3ccccc13)/C(=C\c1ccco1)CCC2)NC(=O)NCc1ccco1. The molecule has 3 heterocycles. The third kappa shape index (κ3) is 5.05. The summed E-state index contributed by atoms with van der Waals surface area (Å²) in [7, 11) is 0. The number of nitrogens with zero attached hydrogens (tertiary/aromatic N) is 1. The maximum Gasteiger partial charge on any atom is 0.339 e. The lowest BCUT2D eigenvalue weighted by atomic mass is 9.86. The maximum absolute atomic E-state index is 13.2. The van der Waals surface area contributed by atoms with Crippen molar-refractivity contribution in [2.24, 2.45) is 0 Å². The summed E-state index contributed by atoms with van der Waals surface area (Å²) in [5, 5.41) is 5.29. The Morgan fingerprint density at radius 2 is 1.83 bits per heavy atom. The summed E-state index contributed by atoms with van der Waals surface area (Å²) in [4.78, 5) is 42.3. The molecule has 1 aliphatic rings. The van der Waals surface area contributed by atoms with Gasteiger partial charge in [-0.2, -0.15) is 0 Å². The summed E-state index contributed by atoms with van der Waals surface area (Å²) >= 11 is 0. The van der Waals surface area contributed by atoms with Crippen molar-refractivity contribution >= 4 is 40.5 Å². The van der Waals surface area contributed by atoms with Gasteiger partial charge in [0, 0.05) is 5.39 Å². The maximum atomic E-state index is 13.2. The number of amides is 3. The Morgan fingerprint density at radius 1 is 1.00 bits per heavy atom. The van der Waals surface area contributed by atoms with Crippen LogP contribution in [0, 0.1) is 0 Å². The van der Waals surface area contributed by atoms with Crippen LogP contribution in [0.25, 0.3) is 22.6 Å².